The van der Waals surface area contributed by atoms with Crippen LogP contribution >= 0.6 is 0 Å². The van der Waals surface area contributed by atoms with E-state index in [0.29, 0.717) is 0 Å². The predicted octanol–water partition coefficient (Wildman–Crippen LogP) is 9.45. The Kier molecular flexibility index (Phi) is 4.63. The highest BCUT2D eigenvalue weighted by Crippen LogP contribution is 2.62. The van der Waals surface area contributed by atoms with Crippen LogP contribution in [0.25, 0.3) is 44.1 Å². The van der Waals surface area contributed by atoms with Crippen LogP contribution in [-0.2, 0) is 10.8 Å². The number of benzene rings is 5. The van der Waals surface area contributed by atoms with Crippen molar-refractivity contribution < 1.29 is 0 Å². The molecule has 5 aromatic carbocycles. The number of hydrogen-bond donors (Lipinski definition) is 0. The number of aromatic nitrogens is 2. The van der Waals surface area contributed by atoms with Crippen LogP contribution in [0.1, 0.15) is 47.2 Å². The van der Waals surface area contributed by atoms with Gasteiger partial charge >= 0.3 is 0 Å². The minimum atomic E-state index is -0.362. The second kappa shape index (κ2) is 8.24. The summed E-state index contributed by atoms with van der Waals surface area (Å²) >= 11 is 0. The largest absolute Gasteiger partial charge is 0.254 e. The molecule has 2 heteroatoms. The van der Waals surface area contributed by atoms with Gasteiger partial charge in [0.2, 0.25) is 0 Å². The van der Waals surface area contributed by atoms with Gasteiger partial charge in [-0.3, -0.25) is 9.97 Å². The molecule has 0 amide bonds. The van der Waals surface area contributed by atoms with E-state index in [1.165, 1.54) is 50.1 Å². The summed E-state index contributed by atoms with van der Waals surface area (Å²) in [4.78, 5) is 9.54. The molecule has 2 aliphatic carbocycles. The summed E-state index contributed by atoms with van der Waals surface area (Å²) in [6, 6.07) is 44.9. The van der Waals surface area contributed by atoms with E-state index < -0.39 is 0 Å². The van der Waals surface area contributed by atoms with Crippen molar-refractivity contribution in [2.45, 2.75) is 24.7 Å². The molecule has 198 valence electrons. The number of rotatable bonds is 1. The van der Waals surface area contributed by atoms with E-state index in [4.69, 9.17) is 4.98 Å². The Morgan fingerprint density at radius 3 is 1.83 bits per heavy atom. The molecule has 0 radical (unpaired) electrons. The molecule has 7 aromatic rings. The summed E-state index contributed by atoms with van der Waals surface area (Å²) in [6.45, 7) is 4.74. The van der Waals surface area contributed by atoms with E-state index in [0.717, 1.165) is 27.4 Å². The summed E-state index contributed by atoms with van der Waals surface area (Å²) in [5.74, 6) is 0. The molecular weight excluding hydrogens is 508 g/mol. The molecule has 0 saturated heterocycles. The van der Waals surface area contributed by atoms with E-state index in [2.05, 4.69) is 134 Å². The Morgan fingerprint density at radius 2 is 1.07 bits per heavy atom. The van der Waals surface area contributed by atoms with Gasteiger partial charge in [0.1, 0.15) is 0 Å². The highest BCUT2D eigenvalue weighted by atomic mass is 14.7. The fraction of sp³-hybridized carbons (Fsp3) is 0.100. The summed E-state index contributed by atoms with van der Waals surface area (Å²) in [5.41, 5.74) is 14.6. The summed E-state index contributed by atoms with van der Waals surface area (Å²) in [7, 11) is 0. The lowest BCUT2D eigenvalue weighted by Crippen LogP contribution is -2.40. The van der Waals surface area contributed by atoms with Gasteiger partial charge in [0.25, 0.3) is 0 Å². The van der Waals surface area contributed by atoms with Gasteiger partial charge in [0, 0.05) is 34.1 Å². The third kappa shape index (κ3) is 2.89. The second-order valence-corrected chi connectivity index (χ2v) is 12.2. The zero-order chi connectivity index (χ0) is 28.1. The van der Waals surface area contributed by atoms with Crippen LogP contribution in [0.5, 0.6) is 0 Å². The fourth-order valence-electron chi connectivity index (χ4n) is 7.94. The van der Waals surface area contributed by atoms with Crippen molar-refractivity contribution in [2.24, 2.45) is 0 Å². The van der Waals surface area contributed by atoms with Crippen molar-refractivity contribution in [3.05, 3.63) is 167 Å². The molecule has 42 heavy (non-hydrogen) atoms. The normalized spacial score (nSPS) is 15.3. The number of hydrogen-bond acceptors (Lipinski definition) is 2. The van der Waals surface area contributed by atoms with Crippen LogP contribution < -0.4 is 0 Å². The third-order valence-electron chi connectivity index (χ3n) is 9.81. The average molecular weight is 537 g/mol. The monoisotopic (exact) mass is 536 g/mol. The van der Waals surface area contributed by atoms with Crippen LogP contribution in [0.15, 0.2) is 134 Å². The quantitative estimate of drug-likeness (QED) is 0.195. The highest BCUT2D eigenvalue weighted by Gasteiger charge is 2.53. The maximum atomic E-state index is 4.92. The Morgan fingerprint density at radius 1 is 0.452 bits per heavy atom. The van der Waals surface area contributed by atoms with E-state index in [-0.39, 0.29) is 10.8 Å². The van der Waals surface area contributed by atoms with Crippen molar-refractivity contribution in [3.63, 3.8) is 0 Å². The van der Waals surface area contributed by atoms with Gasteiger partial charge < -0.3 is 0 Å². The molecule has 0 atom stereocenters. The topological polar surface area (TPSA) is 25.8 Å². The molecule has 0 fully saturated rings. The first-order chi connectivity index (χ1) is 20.6. The maximum absolute atomic E-state index is 4.92. The zero-order valence-electron chi connectivity index (χ0n) is 23.6. The minimum absolute atomic E-state index is 0.0914. The molecule has 9 rings (SSSR count). The number of fused-ring (bicyclic) bond motifs is 12. The Labute approximate surface area is 245 Å². The second-order valence-electron chi connectivity index (χ2n) is 12.2. The van der Waals surface area contributed by atoms with E-state index in [9.17, 15) is 0 Å². The maximum Gasteiger partial charge on any atom is 0.0964 e. The molecule has 2 aromatic heterocycles. The van der Waals surface area contributed by atoms with E-state index in [1.54, 1.807) is 0 Å². The SMILES string of the molecule is CC1(C)c2ccccc2C2(c3ccccc3-c3cc(-c4cnc5c(ccc6cccnc65)c4)ccc32)c2ccccc21. The molecule has 2 aliphatic rings. The zero-order valence-corrected chi connectivity index (χ0v) is 23.6. The number of nitrogens with zero attached hydrogens (tertiary/aromatic N) is 2. The Hall–Kier alpha value is -5.08. The molecule has 0 N–H and O–H groups in total. The molecule has 0 bridgehead atoms. The molecule has 2 heterocycles. The van der Waals surface area contributed by atoms with Crippen LogP contribution in [0, 0.1) is 0 Å². The Balaban J connectivity index is 1.32. The van der Waals surface area contributed by atoms with E-state index >= 15 is 0 Å². The first kappa shape index (κ1) is 23.6. The molecule has 1 spiro atoms. The molecular formula is C40H28N2. The summed E-state index contributed by atoms with van der Waals surface area (Å²) < 4.78 is 0. The van der Waals surface area contributed by atoms with Gasteiger partial charge in [-0.1, -0.05) is 117 Å². The van der Waals surface area contributed by atoms with Crippen molar-refractivity contribution in [3.8, 4) is 22.3 Å². The molecule has 0 saturated carbocycles. The first-order valence-corrected chi connectivity index (χ1v) is 14.7. The van der Waals surface area contributed by atoms with Crippen LogP contribution in [-0.4, -0.2) is 9.97 Å². The highest BCUT2D eigenvalue weighted by molar-refractivity contribution is 6.03. The smallest absolute Gasteiger partial charge is 0.0964 e. The fourth-order valence-corrected chi connectivity index (χ4v) is 7.94. The Bertz CT molecular complexity index is 2190. The lowest BCUT2D eigenvalue weighted by atomic mass is 9.55. The standard InChI is InChI=1S/C40H28N2/c1-39(2)33-13-5-7-15-35(33)40(36-16-8-6-14-34(36)39)31-12-4-3-11-29(31)30-23-26(19-20-32(30)40)28-22-27-18-17-25-10-9-21-41-37(25)38(27)42-24-28/h3-24H,1-2H3. The van der Waals surface area contributed by atoms with Crippen molar-refractivity contribution in [1.82, 2.24) is 9.97 Å². The predicted molar refractivity (Wildman–Crippen MR) is 172 cm³/mol. The van der Waals surface area contributed by atoms with Gasteiger partial charge in [-0.25, -0.2) is 0 Å². The van der Waals surface area contributed by atoms with Gasteiger partial charge in [-0.15, -0.1) is 0 Å². The first-order valence-electron chi connectivity index (χ1n) is 14.7. The molecule has 0 unspecified atom stereocenters. The van der Waals surface area contributed by atoms with Crippen molar-refractivity contribution >= 4 is 21.8 Å². The van der Waals surface area contributed by atoms with Gasteiger partial charge in [0.15, 0.2) is 0 Å². The lowest BCUT2D eigenvalue weighted by Gasteiger charge is -2.46. The van der Waals surface area contributed by atoms with Crippen molar-refractivity contribution in [1.29, 1.82) is 0 Å². The lowest BCUT2D eigenvalue weighted by molar-refractivity contribution is 0.563. The molecule has 0 aliphatic heterocycles. The van der Waals surface area contributed by atoms with E-state index in [1.807, 2.05) is 18.5 Å². The van der Waals surface area contributed by atoms with Crippen LogP contribution in [0.3, 0.4) is 0 Å². The van der Waals surface area contributed by atoms with Gasteiger partial charge in [0.05, 0.1) is 16.4 Å². The summed E-state index contributed by atoms with van der Waals surface area (Å²) in [5, 5.41) is 2.22. The third-order valence-corrected chi connectivity index (χ3v) is 9.81. The van der Waals surface area contributed by atoms with Gasteiger partial charge in [-0.2, -0.15) is 0 Å². The average Bonchev–Trinajstić information content (AvgIpc) is 3.34. The van der Waals surface area contributed by atoms with Crippen molar-refractivity contribution in [2.75, 3.05) is 0 Å². The van der Waals surface area contributed by atoms with Gasteiger partial charge in [-0.05, 0) is 68.3 Å². The number of pyridine rings is 2. The molecule has 2 nitrogen and oxygen atoms in total. The minimum Gasteiger partial charge on any atom is -0.254 e. The van der Waals surface area contributed by atoms with Crippen LogP contribution in [0.2, 0.25) is 0 Å². The summed E-state index contributed by atoms with van der Waals surface area (Å²) in [6.07, 6.45) is 3.84. The van der Waals surface area contributed by atoms with Crippen LogP contribution in [0.4, 0.5) is 0 Å².